The summed E-state index contributed by atoms with van der Waals surface area (Å²) in [5, 5.41) is 2.76. The molecule has 2 amide bonds. The van der Waals surface area contributed by atoms with E-state index in [4.69, 9.17) is 0 Å². The van der Waals surface area contributed by atoms with Crippen molar-refractivity contribution in [3.8, 4) is 0 Å². The van der Waals surface area contributed by atoms with Crippen LogP contribution >= 0.6 is 0 Å². The Hall–Kier alpha value is -1.06. The van der Waals surface area contributed by atoms with Gasteiger partial charge in [0.1, 0.15) is 0 Å². The van der Waals surface area contributed by atoms with Gasteiger partial charge in [0.2, 0.25) is 11.8 Å². The number of hydrogen-bond acceptors (Lipinski definition) is 2. The molecule has 0 aliphatic heterocycles. The molecule has 0 saturated heterocycles. The van der Waals surface area contributed by atoms with Crippen molar-refractivity contribution >= 4 is 11.8 Å². The monoisotopic (exact) mass is 213 g/mol. The van der Waals surface area contributed by atoms with Crippen molar-refractivity contribution in [3.63, 3.8) is 0 Å². The lowest BCUT2D eigenvalue weighted by atomic mass is 9.94. The Kier molecular flexibility index (Phi) is 5.97. The van der Waals surface area contributed by atoms with Gasteiger partial charge >= 0.3 is 0 Å². The molecule has 0 rings (SSSR count). The Morgan fingerprint density at radius 2 is 1.93 bits per heavy atom. The molecule has 0 aromatic carbocycles. The zero-order chi connectivity index (χ0) is 12.0. The first-order chi connectivity index (χ1) is 6.91. The van der Waals surface area contributed by atoms with Crippen molar-refractivity contribution in [3.05, 3.63) is 6.92 Å². The van der Waals surface area contributed by atoms with Crippen molar-refractivity contribution in [2.24, 2.45) is 11.8 Å². The van der Waals surface area contributed by atoms with Crippen LogP contribution in [0.5, 0.6) is 0 Å². The lowest BCUT2D eigenvalue weighted by molar-refractivity contribution is -0.137. The van der Waals surface area contributed by atoms with Gasteiger partial charge in [-0.3, -0.25) is 9.59 Å². The number of amides is 2. The smallest absolute Gasteiger partial charge is 0.225 e. The molecule has 4 nitrogen and oxygen atoms in total. The number of rotatable bonds is 5. The molecule has 0 fully saturated rings. The molecule has 2 atom stereocenters. The van der Waals surface area contributed by atoms with E-state index in [0.717, 1.165) is 6.42 Å². The highest BCUT2D eigenvalue weighted by atomic mass is 16.2. The molecule has 1 radical (unpaired) electrons. The van der Waals surface area contributed by atoms with Gasteiger partial charge in [0.15, 0.2) is 0 Å². The lowest BCUT2D eigenvalue weighted by Crippen LogP contribution is -2.39. The molecule has 0 spiro atoms. The van der Waals surface area contributed by atoms with E-state index >= 15 is 0 Å². The molecule has 0 heterocycles. The topological polar surface area (TPSA) is 49.4 Å². The van der Waals surface area contributed by atoms with Crippen molar-refractivity contribution in [2.45, 2.75) is 20.3 Å². The maximum Gasteiger partial charge on any atom is 0.225 e. The second-order valence-electron chi connectivity index (χ2n) is 3.92. The van der Waals surface area contributed by atoms with Crippen LogP contribution in [0.25, 0.3) is 0 Å². The van der Waals surface area contributed by atoms with Crippen LogP contribution in [0.3, 0.4) is 0 Å². The van der Waals surface area contributed by atoms with Crippen molar-refractivity contribution < 1.29 is 9.59 Å². The molecule has 0 aliphatic rings. The van der Waals surface area contributed by atoms with E-state index in [0.29, 0.717) is 6.54 Å². The van der Waals surface area contributed by atoms with E-state index in [1.54, 1.807) is 21.0 Å². The van der Waals surface area contributed by atoms with Crippen molar-refractivity contribution in [1.29, 1.82) is 0 Å². The summed E-state index contributed by atoms with van der Waals surface area (Å²) < 4.78 is 0. The SMILES string of the molecule is [CH2]C(C(=O)N(C)C)C(C)C(=O)NCCC. The van der Waals surface area contributed by atoms with Crippen LogP contribution in [0.4, 0.5) is 0 Å². The predicted octanol–water partition coefficient (Wildman–Crippen LogP) is 0.687. The predicted molar refractivity (Wildman–Crippen MR) is 60.0 cm³/mol. The van der Waals surface area contributed by atoms with Crippen LogP contribution in [0.15, 0.2) is 0 Å². The minimum Gasteiger partial charge on any atom is -0.356 e. The third kappa shape index (κ3) is 4.32. The standard InChI is InChI=1S/C11H21N2O2/c1-6-7-12-10(14)8(2)9(3)11(15)13(4)5/h8-9H,3,6-7H2,1-2,4-5H3,(H,12,14). The highest BCUT2D eigenvalue weighted by Crippen LogP contribution is 2.12. The summed E-state index contributed by atoms with van der Waals surface area (Å²) in [6, 6.07) is 0. The molecule has 87 valence electrons. The zero-order valence-corrected chi connectivity index (χ0v) is 10.0. The second-order valence-corrected chi connectivity index (χ2v) is 3.92. The average Bonchev–Trinajstić information content (AvgIpc) is 2.22. The van der Waals surface area contributed by atoms with Crippen LogP contribution in [-0.2, 0) is 9.59 Å². The highest BCUT2D eigenvalue weighted by Gasteiger charge is 2.26. The minimum absolute atomic E-state index is 0.105. The highest BCUT2D eigenvalue weighted by molar-refractivity contribution is 5.87. The van der Waals surface area contributed by atoms with Crippen LogP contribution < -0.4 is 5.32 Å². The van der Waals surface area contributed by atoms with E-state index in [2.05, 4.69) is 12.2 Å². The maximum atomic E-state index is 11.5. The molecule has 2 unspecified atom stereocenters. The molecule has 15 heavy (non-hydrogen) atoms. The Morgan fingerprint density at radius 1 is 1.40 bits per heavy atom. The van der Waals surface area contributed by atoms with E-state index in [1.165, 1.54) is 4.90 Å². The number of carbonyl (C=O) groups is 2. The number of nitrogens with one attached hydrogen (secondary N) is 1. The summed E-state index contributed by atoms with van der Waals surface area (Å²) >= 11 is 0. The zero-order valence-electron chi connectivity index (χ0n) is 10.0. The normalized spacial score (nSPS) is 14.2. The van der Waals surface area contributed by atoms with E-state index in [1.807, 2.05) is 6.92 Å². The van der Waals surface area contributed by atoms with Gasteiger partial charge in [0.05, 0.1) is 0 Å². The van der Waals surface area contributed by atoms with Crippen LogP contribution in [0.1, 0.15) is 20.3 Å². The molecule has 0 saturated carbocycles. The summed E-state index contributed by atoms with van der Waals surface area (Å²) in [6.45, 7) is 8.09. The largest absolute Gasteiger partial charge is 0.356 e. The fourth-order valence-corrected chi connectivity index (χ4v) is 1.14. The summed E-state index contributed by atoms with van der Waals surface area (Å²) in [5.41, 5.74) is 0. The first-order valence-electron chi connectivity index (χ1n) is 5.23. The van der Waals surface area contributed by atoms with Gasteiger partial charge in [-0.2, -0.15) is 0 Å². The van der Waals surface area contributed by atoms with Gasteiger partial charge in [-0.1, -0.05) is 13.8 Å². The molecule has 0 aliphatic carbocycles. The number of hydrogen-bond donors (Lipinski definition) is 1. The molecule has 0 aromatic heterocycles. The van der Waals surface area contributed by atoms with Gasteiger partial charge in [-0.05, 0) is 13.3 Å². The van der Waals surface area contributed by atoms with Crippen molar-refractivity contribution in [1.82, 2.24) is 10.2 Å². The summed E-state index contributed by atoms with van der Waals surface area (Å²) in [6.07, 6.45) is 0.891. The number of carbonyl (C=O) groups excluding carboxylic acids is 2. The maximum absolute atomic E-state index is 11.5. The Balaban J connectivity index is 4.24. The average molecular weight is 213 g/mol. The van der Waals surface area contributed by atoms with Crippen molar-refractivity contribution in [2.75, 3.05) is 20.6 Å². The van der Waals surface area contributed by atoms with Crippen LogP contribution in [-0.4, -0.2) is 37.4 Å². The van der Waals surface area contributed by atoms with Gasteiger partial charge in [-0.25, -0.2) is 0 Å². The Morgan fingerprint density at radius 3 is 2.33 bits per heavy atom. The molecule has 0 bridgehead atoms. The quantitative estimate of drug-likeness (QED) is 0.730. The third-order valence-corrected chi connectivity index (χ3v) is 2.32. The first-order valence-corrected chi connectivity index (χ1v) is 5.23. The summed E-state index contributed by atoms with van der Waals surface area (Å²) in [5.74, 6) is -1.12. The van der Waals surface area contributed by atoms with Gasteiger partial charge in [-0.15, -0.1) is 0 Å². The van der Waals surface area contributed by atoms with Gasteiger partial charge in [0, 0.05) is 32.5 Å². The molecular formula is C11H21N2O2. The lowest BCUT2D eigenvalue weighted by Gasteiger charge is -2.21. The van der Waals surface area contributed by atoms with Crippen LogP contribution in [0.2, 0.25) is 0 Å². The van der Waals surface area contributed by atoms with E-state index < -0.39 is 5.92 Å². The minimum atomic E-state index is -0.517. The van der Waals surface area contributed by atoms with Gasteiger partial charge < -0.3 is 10.2 Å². The second kappa shape index (κ2) is 6.43. The summed E-state index contributed by atoms with van der Waals surface area (Å²) in [7, 11) is 3.33. The summed E-state index contributed by atoms with van der Waals surface area (Å²) in [4.78, 5) is 24.6. The molecular weight excluding hydrogens is 192 g/mol. The Labute approximate surface area is 92.0 Å². The third-order valence-electron chi connectivity index (χ3n) is 2.32. The Bertz CT molecular complexity index is 227. The van der Waals surface area contributed by atoms with E-state index in [-0.39, 0.29) is 17.7 Å². The fraction of sp³-hybridized carbons (Fsp3) is 0.727. The molecule has 4 heteroatoms. The van der Waals surface area contributed by atoms with E-state index in [9.17, 15) is 9.59 Å². The first kappa shape index (κ1) is 13.9. The molecule has 0 aromatic rings. The number of nitrogens with zero attached hydrogens (tertiary/aromatic N) is 1. The molecule has 1 N–H and O–H groups in total. The fourth-order valence-electron chi connectivity index (χ4n) is 1.14. The van der Waals surface area contributed by atoms with Crippen LogP contribution in [0, 0.1) is 18.8 Å². The van der Waals surface area contributed by atoms with Gasteiger partial charge in [0.25, 0.3) is 0 Å².